The average Bonchev–Trinajstić information content (AvgIpc) is 2.26. The van der Waals surface area contributed by atoms with Crippen molar-refractivity contribution in [2.75, 3.05) is 6.54 Å². The molecule has 0 aliphatic carbocycles. The van der Waals surface area contributed by atoms with E-state index in [1.165, 1.54) is 5.56 Å². The van der Waals surface area contributed by atoms with E-state index in [2.05, 4.69) is 6.58 Å². The molecule has 1 aromatic carbocycles. The van der Waals surface area contributed by atoms with Crippen molar-refractivity contribution in [3.63, 3.8) is 0 Å². The second-order valence-electron chi connectivity index (χ2n) is 4.03. The van der Waals surface area contributed by atoms with Crippen LogP contribution >= 0.6 is 11.6 Å². The Morgan fingerprint density at radius 3 is 2.94 bits per heavy atom. The highest BCUT2D eigenvalue weighted by Crippen LogP contribution is 2.27. The second kappa shape index (κ2) is 4.30. The Morgan fingerprint density at radius 2 is 2.31 bits per heavy atom. The van der Waals surface area contributed by atoms with Gasteiger partial charge in [-0.3, -0.25) is 4.79 Å². The Morgan fingerprint density at radius 1 is 1.56 bits per heavy atom. The number of amides is 1. The molecule has 0 radical (unpaired) electrons. The molecule has 0 saturated carbocycles. The molecule has 0 spiro atoms. The van der Waals surface area contributed by atoms with Crippen molar-refractivity contribution in [3.8, 4) is 0 Å². The van der Waals surface area contributed by atoms with Gasteiger partial charge >= 0.3 is 0 Å². The average molecular weight is 236 g/mol. The Hall–Kier alpha value is -1.28. The highest BCUT2D eigenvalue weighted by Gasteiger charge is 2.20. The first-order valence-corrected chi connectivity index (χ1v) is 5.69. The van der Waals surface area contributed by atoms with Gasteiger partial charge in [0.25, 0.3) is 0 Å². The fourth-order valence-electron chi connectivity index (χ4n) is 2.14. The quantitative estimate of drug-likeness (QED) is 0.733. The molecule has 0 fully saturated rings. The summed E-state index contributed by atoms with van der Waals surface area (Å²) >= 11 is 6.04. The van der Waals surface area contributed by atoms with E-state index in [1.54, 1.807) is 6.92 Å². The maximum Gasteiger partial charge on any atom is 0.219 e. The van der Waals surface area contributed by atoms with Crippen molar-refractivity contribution in [3.05, 3.63) is 40.4 Å². The van der Waals surface area contributed by atoms with Crippen LogP contribution in [-0.4, -0.2) is 17.4 Å². The fraction of sp³-hybridized carbons (Fsp3) is 0.308. The van der Waals surface area contributed by atoms with Gasteiger partial charge < -0.3 is 4.90 Å². The van der Waals surface area contributed by atoms with Crippen LogP contribution in [0.2, 0.25) is 5.02 Å². The van der Waals surface area contributed by atoms with Gasteiger partial charge in [-0.25, -0.2) is 0 Å². The molecule has 0 saturated heterocycles. The van der Waals surface area contributed by atoms with E-state index >= 15 is 0 Å². The minimum Gasteiger partial charge on any atom is -0.338 e. The zero-order valence-electron chi connectivity index (χ0n) is 9.29. The standard InChI is InChI=1S/C13H14ClNO/c1-3-10-6-12(14)7-11-8-15(9(2)16)5-4-13(10)11/h3,6-7H,1,4-5,8H2,2H3. The lowest BCUT2D eigenvalue weighted by atomic mass is 9.94. The van der Waals surface area contributed by atoms with Gasteiger partial charge in [0.15, 0.2) is 0 Å². The Labute approximate surface area is 101 Å². The zero-order valence-corrected chi connectivity index (χ0v) is 10.0. The van der Waals surface area contributed by atoms with E-state index in [0.717, 1.165) is 24.1 Å². The van der Waals surface area contributed by atoms with Gasteiger partial charge in [-0.2, -0.15) is 0 Å². The van der Waals surface area contributed by atoms with Gasteiger partial charge in [0, 0.05) is 25.0 Å². The molecule has 0 atom stereocenters. The van der Waals surface area contributed by atoms with Crippen LogP contribution in [0.5, 0.6) is 0 Å². The molecule has 1 heterocycles. The molecule has 1 amide bonds. The van der Waals surface area contributed by atoms with E-state index in [1.807, 2.05) is 23.1 Å². The second-order valence-corrected chi connectivity index (χ2v) is 4.46. The predicted molar refractivity (Wildman–Crippen MR) is 66.3 cm³/mol. The predicted octanol–water partition coefficient (Wildman–Crippen LogP) is 2.89. The largest absolute Gasteiger partial charge is 0.338 e. The van der Waals surface area contributed by atoms with Crippen LogP contribution in [-0.2, 0) is 17.8 Å². The number of carbonyl (C=O) groups excluding carboxylic acids is 1. The number of halogens is 1. The van der Waals surface area contributed by atoms with Crippen molar-refractivity contribution < 1.29 is 4.79 Å². The molecule has 2 rings (SSSR count). The van der Waals surface area contributed by atoms with E-state index in [0.29, 0.717) is 11.6 Å². The van der Waals surface area contributed by atoms with E-state index in [-0.39, 0.29) is 5.91 Å². The molecule has 1 aliphatic rings. The summed E-state index contributed by atoms with van der Waals surface area (Å²) in [6, 6.07) is 3.87. The third kappa shape index (κ3) is 1.98. The Balaban J connectivity index is 2.42. The zero-order chi connectivity index (χ0) is 11.7. The summed E-state index contributed by atoms with van der Waals surface area (Å²) in [6.07, 6.45) is 2.71. The highest BCUT2D eigenvalue weighted by molar-refractivity contribution is 6.30. The van der Waals surface area contributed by atoms with Gasteiger partial charge in [-0.15, -0.1) is 0 Å². The van der Waals surface area contributed by atoms with Crippen LogP contribution < -0.4 is 0 Å². The van der Waals surface area contributed by atoms with Gasteiger partial charge in [0.05, 0.1) is 0 Å². The van der Waals surface area contributed by atoms with E-state index < -0.39 is 0 Å². The molecule has 0 unspecified atom stereocenters. The maximum atomic E-state index is 11.3. The molecule has 0 aromatic heterocycles. The molecule has 84 valence electrons. The van der Waals surface area contributed by atoms with Gasteiger partial charge in [-0.05, 0) is 35.2 Å². The normalized spacial score (nSPS) is 14.5. The topological polar surface area (TPSA) is 20.3 Å². The monoisotopic (exact) mass is 235 g/mol. The van der Waals surface area contributed by atoms with E-state index in [4.69, 9.17) is 11.6 Å². The molecule has 3 heteroatoms. The van der Waals surface area contributed by atoms with Gasteiger partial charge in [0.2, 0.25) is 5.91 Å². The van der Waals surface area contributed by atoms with Crippen LogP contribution in [0.25, 0.3) is 6.08 Å². The molecule has 16 heavy (non-hydrogen) atoms. The highest BCUT2D eigenvalue weighted by atomic mass is 35.5. The molecular weight excluding hydrogens is 222 g/mol. The number of benzene rings is 1. The molecule has 0 N–H and O–H groups in total. The molecule has 0 bridgehead atoms. The summed E-state index contributed by atoms with van der Waals surface area (Å²) in [6.45, 7) is 6.84. The lowest BCUT2D eigenvalue weighted by Gasteiger charge is -2.29. The Bertz CT molecular complexity index is 453. The summed E-state index contributed by atoms with van der Waals surface area (Å²) in [7, 11) is 0. The summed E-state index contributed by atoms with van der Waals surface area (Å²) in [5.41, 5.74) is 3.51. The minimum absolute atomic E-state index is 0.116. The number of nitrogens with zero attached hydrogens (tertiary/aromatic N) is 1. The number of rotatable bonds is 1. The maximum absolute atomic E-state index is 11.3. The summed E-state index contributed by atoms with van der Waals surface area (Å²) < 4.78 is 0. The van der Waals surface area contributed by atoms with Crippen LogP contribution in [0, 0.1) is 0 Å². The number of fused-ring (bicyclic) bond motifs is 1. The first-order chi connectivity index (χ1) is 7.61. The number of carbonyl (C=O) groups is 1. The number of hydrogen-bond donors (Lipinski definition) is 0. The molecule has 1 aliphatic heterocycles. The van der Waals surface area contributed by atoms with Crippen molar-refractivity contribution in [2.24, 2.45) is 0 Å². The molecule has 1 aromatic rings. The van der Waals surface area contributed by atoms with Crippen molar-refractivity contribution in [2.45, 2.75) is 19.9 Å². The van der Waals surface area contributed by atoms with Crippen LogP contribution in [0.4, 0.5) is 0 Å². The molecule has 2 nitrogen and oxygen atoms in total. The fourth-order valence-corrected chi connectivity index (χ4v) is 2.39. The Kier molecular flexibility index (Phi) is 3.01. The van der Waals surface area contributed by atoms with E-state index in [9.17, 15) is 4.79 Å². The number of hydrogen-bond acceptors (Lipinski definition) is 1. The van der Waals surface area contributed by atoms with Crippen molar-refractivity contribution >= 4 is 23.6 Å². The summed E-state index contributed by atoms with van der Waals surface area (Å²) in [5, 5.41) is 0.707. The third-order valence-corrected chi connectivity index (χ3v) is 3.22. The molecular formula is C13H14ClNO. The first kappa shape index (κ1) is 11.2. The van der Waals surface area contributed by atoms with Crippen LogP contribution in [0.15, 0.2) is 18.7 Å². The lowest BCUT2D eigenvalue weighted by molar-refractivity contribution is -0.129. The minimum atomic E-state index is 0.116. The van der Waals surface area contributed by atoms with Gasteiger partial charge in [-0.1, -0.05) is 24.3 Å². The van der Waals surface area contributed by atoms with Crippen molar-refractivity contribution in [1.82, 2.24) is 4.90 Å². The SMILES string of the molecule is C=Cc1cc(Cl)cc2c1CCN(C(C)=O)C2. The third-order valence-electron chi connectivity index (χ3n) is 3.00. The first-order valence-electron chi connectivity index (χ1n) is 5.31. The summed E-state index contributed by atoms with van der Waals surface area (Å²) in [5.74, 6) is 0.116. The smallest absolute Gasteiger partial charge is 0.219 e. The van der Waals surface area contributed by atoms with Gasteiger partial charge in [0.1, 0.15) is 0 Å². The summed E-state index contributed by atoms with van der Waals surface area (Å²) in [4.78, 5) is 13.2. The van der Waals surface area contributed by atoms with Crippen LogP contribution in [0.1, 0.15) is 23.6 Å². The van der Waals surface area contributed by atoms with Crippen molar-refractivity contribution in [1.29, 1.82) is 0 Å². The van der Waals surface area contributed by atoms with Crippen LogP contribution in [0.3, 0.4) is 0 Å². The lowest BCUT2D eigenvalue weighted by Crippen LogP contribution is -2.34.